The number of anilines is 1. The molecular formula is C18H18N4O4. The molecule has 1 atom stereocenters. The molecule has 1 aliphatic heterocycles. The molecule has 0 saturated carbocycles. The van der Waals surface area contributed by atoms with Crippen molar-refractivity contribution in [3.05, 3.63) is 63.0 Å². The fourth-order valence-electron chi connectivity index (χ4n) is 3.16. The second-order valence-corrected chi connectivity index (χ2v) is 6.41. The normalized spacial score (nSPS) is 17.0. The second kappa shape index (κ2) is 6.21. The van der Waals surface area contributed by atoms with Crippen LogP contribution in [0, 0.1) is 0 Å². The third kappa shape index (κ3) is 2.90. The quantitative estimate of drug-likeness (QED) is 0.726. The van der Waals surface area contributed by atoms with Crippen LogP contribution in [0.4, 0.5) is 5.82 Å². The van der Waals surface area contributed by atoms with Crippen LogP contribution in [-0.2, 0) is 7.05 Å². The van der Waals surface area contributed by atoms with Crippen molar-refractivity contribution in [1.29, 1.82) is 0 Å². The summed E-state index contributed by atoms with van der Waals surface area (Å²) >= 11 is 0. The zero-order valence-corrected chi connectivity index (χ0v) is 14.2. The summed E-state index contributed by atoms with van der Waals surface area (Å²) in [6, 6.07) is 10.5. The number of nitrogens with zero attached hydrogens (tertiary/aromatic N) is 2. The van der Waals surface area contributed by atoms with E-state index in [1.54, 1.807) is 6.07 Å². The lowest BCUT2D eigenvalue weighted by atomic mass is 10.2. The molecule has 134 valence electrons. The van der Waals surface area contributed by atoms with Gasteiger partial charge in [0, 0.05) is 37.6 Å². The van der Waals surface area contributed by atoms with Crippen molar-refractivity contribution < 1.29 is 9.21 Å². The Morgan fingerprint density at radius 2 is 2.08 bits per heavy atom. The van der Waals surface area contributed by atoms with Crippen molar-refractivity contribution in [3.63, 3.8) is 0 Å². The molecule has 2 N–H and O–H groups in total. The summed E-state index contributed by atoms with van der Waals surface area (Å²) in [5, 5.41) is 3.82. The van der Waals surface area contributed by atoms with E-state index in [2.05, 4.69) is 10.3 Å². The van der Waals surface area contributed by atoms with Gasteiger partial charge in [-0.05, 0) is 18.6 Å². The smallest absolute Gasteiger partial charge is 0.329 e. The highest BCUT2D eigenvalue weighted by Gasteiger charge is 2.26. The van der Waals surface area contributed by atoms with Crippen LogP contribution >= 0.6 is 0 Å². The Morgan fingerprint density at radius 1 is 1.27 bits per heavy atom. The van der Waals surface area contributed by atoms with E-state index in [1.807, 2.05) is 29.2 Å². The van der Waals surface area contributed by atoms with E-state index in [-0.39, 0.29) is 23.3 Å². The molecule has 1 aromatic carbocycles. The topological polar surface area (TPSA) is 100 Å². The summed E-state index contributed by atoms with van der Waals surface area (Å²) in [4.78, 5) is 40.5. The summed E-state index contributed by atoms with van der Waals surface area (Å²) in [7, 11) is 1.42. The van der Waals surface area contributed by atoms with Crippen molar-refractivity contribution in [3.8, 4) is 0 Å². The molecule has 4 rings (SSSR count). The van der Waals surface area contributed by atoms with Crippen molar-refractivity contribution in [2.75, 3.05) is 18.0 Å². The minimum atomic E-state index is -0.456. The summed E-state index contributed by atoms with van der Waals surface area (Å²) in [5.74, 6) is 0.468. The van der Waals surface area contributed by atoms with Gasteiger partial charge < -0.3 is 14.6 Å². The molecule has 1 amide bonds. The average Bonchev–Trinajstić information content (AvgIpc) is 3.25. The van der Waals surface area contributed by atoms with E-state index in [1.165, 1.54) is 13.1 Å². The maximum absolute atomic E-state index is 12.4. The lowest BCUT2D eigenvalue weighted by molar-refractivity contribution is 0.0914. The highest BCUT2D eigenvalue weighted by atomic mass is 16.3. The highest BCUT2D eigenvalue weighted by molar-refractivity contribution is 5.96. The van der Waals surface area contributed by atoms with Gasteiger partial charge in [-0.1, -0.05) is 18.2 Å². The first-order chi connectivity index (χ1) is 12.5. The first-order valence-corrected chi connectivity index (χ1v) is 8.36. The monoisotopic (exact) mass is 354 g/mol. The molecule has 3 aromatic rings. The number of fused-ring (bicyclic) bond motifs is 1. The molecule has 0 spiro atoms. The van der Waals surface area contributed by atoms with Gasteiger partial charge in [-0.15, -0.1) is 0 Å². The SMILES string of the molecule is Cn1c(=O)cc(N2CC[C@H](NC(=O)c3cc4ccccc4o3)C2)[nH]c1=O. The fraction of sp³-hybridized carbons (Fsp3) is 0.278. The van der Waals surface area contributed by atoms with Gasteiger partial charge in [-0.25, -0.2) is 4.79 Å². The van der Waals surface area contributed by atoms with Gasteiger partial charge in [0.25, 0.3) is 11.5 Å². The number of aromatic amines is 1. The van der Waals surface area contributed by atoms with Crippen molar-refractivity contribution in [2.24, 2.45) is 7.05 Å². The minimum Gasteiger partial charge on any atom is -0.451 e. The van der Waals surface area contributed by atoms with E-state index in [4.69, 9.17) is 4.42 Å². The molecule has 8 heteroatoms. The van der Waals surface area contributed by atoms with Gasteiger partial charge in [0.2, 0.25) is 0 Å². The Bertz CT molecular complexity index is 1030. The number of carbonyl (C=O) groups excluding carboxylic acids is 1. The van der Waals surface area contributed by atoms with E-state index in [0.29, 0.717) is 30.9 Å². The Morgan fingerprint density at radius 3 is 2.85 bits per heavy atom. The first kappa shape index (κ1) is 16.2. The summed E-state index contributed by atoms with van der Waals surface area (Å²) in [6.07, 6.45) is 0.712. The molecule has 3 heterocycles. The van der Waals surface area contributed by atoms with Gasteiger partial charge >= 0.3 is 5.69 Å². The summed E-state index contributed by atoms with van der Waals surface area (Å²) < 4.78 is 6.59. The Balaban J connectivity index is 1.46. The maximum Gasteiger partial charge on any atom is 0.329 e. The van der Waals surface area contributed by atoms with Crippen LogP contribution in [0.5, 0.6) is 0 Å². The van der Waals surface area contributed by atoms with E-state index >= 15 is 0 Å². The van der Waals surface area contributed by atoms with Crippen LogP contribution in [0.15, 0.2) is 50.4 Å². The molecule has 26 heavy (non-hydrogen) atoms. The van der Waals surface area contributed by atoms with Gasteiger partial charge in [0.1, 0.15) is 11.4 Å². The van der Waals surface area contributed by atoms with Crippen LogP contribution in [0.1, 0.15) is 17.0 Å². The first-order valence-electron chi connectivity index (χ1n) is 8.36. The molecule has 1 aliphatic rings. The van der Waals surface area contributed by atoms with Crippen molar-refractivity contribution >= 4 is 22.7 Å². The largest absolute Gasteiger partial charge is 0.451 e. The standard InChI is InChI=1S/C18H18N4O4/c1-21-16(23)9-15(20-18(21)25)22-7-6-12(10-22)19-17(24)14-8-11-4-2-3-5-13(11)26-14/h2-5,8-9,12H,6-7,10H2,1H3,(H,19,24)(H,20,25)/t12-/m0/s1. The molecule has 0 bridgehead atoms. The Labute approximate surface area is 148 Å². The van der Waals surface area contributed by atoms with Crippen LogP contribution in [0.2, 0.25) is 0 Å². The number of benzene rings is 1. The highest BCUT2D eigenvalue weighted by Crippen LogP contribution is 2.20. The molecule has 8 nitrogen and oxygen atoms in total. The Kier molecular flexibility index (Phi) is 3.87. The van der Waals surface area contributed by atoms with Gasteiger partial charge in [0.05, 0.1) is 0 Å². The minimum absolute atomic E-state index is 0.0942. The number of carbonyl (C=O) groups is 1. The number of nitrogens with one attached hydrogen (secondary N) is 2. The van der Waals surface area contributed by atoms with E-state index in [0.717, 1.165) is 9.95 Å². The molecule has 1 fully saturated rings. The van der Waals surface area contributed by atoms with Gasteiger partial charge in [-0.2, -0.15) is 0 Å². The fourth-order valence-corrected chi connectivity index (χ4v) is 3.16. The summed E-state index contributed by atoms with van der Waals surface area (Å²) in [6.45, 7) is 1.14. The maximum atomic E-state index is 12.4. The number of rotatable bonds is 3. The molecule has 0 aliphatic carbocycles. The third-order valence-corrected chi connectivity index (χ3v) is 4.64. The number of amides is 1. The van der Waals surface area contributed by atoms with E-state index in [9.17, 15) is 14.4 Å². The molecular weight excluding hydrogens is 336 g/mol. The number of hydrogen-bond donors (Lipinski definition) is 2. The Hall–Kier alpha value is -3.29. The average molecular weight is 354 g/mol. The zero-order valence-electron chi connectivity index (χ0n) is 14.2. The van der Waals surface area contributed by atoms with Crippen LogP contribution in [0.25, 0.3) is 11.0 Å². The van der Waals surface area contributed by atoms with Gasteiger partial charge in [-0.3, -0.25) is 19.1 Å². The lowest BCUT2D eigenvalue weighted by Gasteiger charge is -2.18. The number of hydrogen-bond acceptors (Lipinski definition) is 5. The number of para-hydroxylation sites is 1. The third-order valence-electron chi connectivity index (χ3n) is 4.64. The van der Waals surface area contributed by atoms with Gasteiger partial charge in [0.15, 0.2) is 5.76 Å². The predicted octanol–water partition coefficient (Wildman–Crippen LogP) is 0.828. The van der Waals surface area contributed by atoms with Crippen molar-refractivity contribution in [2.45, 2.75) is 12.5 Å². The second-order valence-electron chi connectivity index (χ2n) is 6.41. The lowest BCUT2D eigenvalue weighted by Crippen LogP contribution is -2.38. The molecule has 0 radical (unpaired) electrons. The van der Waals surface area contributed by atoms with Crippen LogP contribution in [-0.4, -0.2) is 34.6 Å². The molecule has 2 aromatic heterocycles. The van der Waals surface area contributed by atoms with Crippen LogP contribution < -0.4 is 21.5 Å². The molecule has 0 unspecified atom stereocenters. The predicted molar refractivity (Wildman–Crippen MR) is 96.6 cm³/mol. The zero-order chi connectivity index (χ0) is 18.3. The van der Waals surface area contributed by atoms with Crippen molar-refractivity contribution in [1.82, 2.24) is 14.9 Å². The van der Waals surface area contributed by atoms with E-state index < -0.39 is 5.69 Å². The number of aromatic nitrogens is 2. The number of furan rings is 1. The summed E-state index contributed by atoms with van der Waals surface area (Å²) in [5.41, 5.74) is -0.149. The molecule has 1 saturated heterocycles. The number of H-pyrrole nitrogens is 1. The van der Waals surface area contributed by atoms with Crippen LogP contribution in [0.3, 0.4) is 0 Å².